The largest absolute Gasteiger partial charge is 0.481 e. The first-order valence-corrected chi connectivity index (χ1v) is 10.2. The van der Waals surface area contributed by atoms with Crippen molar-refractivity contribution in [3.63, 3.8) is 0 Å². The van der Waals surface area contributed by atoms with Gasteiger partial charge in [0.05, 0.1) is 6.42 Å². The fourth-order valence-corrected chi connectivity index (χ4v) is 3.28. The van der Waals surface area contributed by atoms with Crippen LogP contribution in [0, 0.1) is 5.41 Å². The summed E-state index contributed by atoms with van der Waals surface area (Å²) in [7, 11) is 3.87. The SMILES string of the molecule is CN(C)c1ccc(NC(=O)[C@@H](Cc2ccccc2)NC(=O)CC(C)(C)CC(=O)O)cc1. The predicted octanol–water partition coefficient (Wildman–Crippen LogP) is 3.31. The maximum absolute atomic E-state index is 13.0. The van der Waals surface area contributed by atoms with Crippen LogP contribution >= 0.6 is 0 Å². The molecule has 2 aromatic carbocycles. The molecule has 0 fully saturated rings. The van der Waals surface area contributed by atoms with Crippen molar-refractivity contribution in [1.29, 1.82) is 0 Å². The molecule has 7 nitrogen and oxygen atoms in total. The molecular weight excluding hydrogens is 394 g/mol. The van der Waals surface area contributed by atoms with Crippen LogP contribution in [0.25, 0.3) is 0 Å². The Morgan fingerprint density at radius 2 is 1.58 bits per heavy atom. The maximum atomic E-state index is 13.0. The number of anilines is 2. The predicted molar refractivity (Wildman–Crippen MR) is 122 cm³/mol. The second-order valence-corrected chi connectivity index (χ2v) is 8.65. The lowest BCUT2D eigenvalue weighted by Crippen LogP contribution is -2.46. The Morgan fingerprint density at radius 1 is 0.968 bits per heavy atom. The highest BCUT2D eigenvalue weighted by Crippen LogP contribution is 2.25. The van der Waals surface area contributed by atoms with Crippen molar-refractivity contribution in [3.8, 4) is 0 Å². The van der Waals surface area contributed by atoms with E-state index in [0.29, 0.717) is 12.1 Å². The monoisotopic (exact) mass is 425 g/mol. The fourth-order valence-electron chi connectivity index (χ4n) is 3.28. The van der Waals surface area contributed by atoms with E-state index in [1.54, 1.807) is 13.8 Å². The topological polar surface area (TPSA) is 98.7 Å². The summed E-state index contributed by atoms with van der Waals surface area (Å²) in [6.45, 7) is 3.44. The van der Waals surface area contributed by atoms with Crippen molar-refractivity contribution in [2.75, 3.05) is 24.3 Å². The van der Waals surface area contributed by atoms with Crippen molar-refractivity contribution in [2.24, 2.45) is 5.41 Å². The zero-order valence-corrected chi connectivity index (χ0v) is 18.5. The first-order chi connectivity index (χ1) is 14.6. The minimum absolute atomic E-state index is 0.00933. The molecule has 0 aromatic heterocycles. The number of amides is 2. The highest BCUT2D eigenvalue weighted by molar-refractivity contribution is 5.97. The number of nitrogens with one attached hydrogen (secondary N) is 2. The van der Waals surface area contributed by atoms with Crippen molar-refractivity contribution in [2.45, 2.75) is 39.2 Å². The highest BCUT2D eigenvalue weighted by atomic mass is 16.4. The third kappa shape index (κ3) is 8.12. The van der Waals surface area contributed by atoms with E-state index in [1.165, 1.54) is 0 Å². The number of hydrogen-bond acceptors (Lipinski definition) is 4. The van der Waals surface area contributed by atoms with Crippen molar-refractivity contribution < 1.29 is 19.5 Å². The van der Waals surface area contributed by atoms with Crippen LogP contribution < -0.4 is 15.5 Å². The minimum atomic E-state index is -0.961. The molecule has 166 valence electrons. The number of carbonyl (C=O) groups is 3. The van der Waals surface area contributed by atoms with Crippen LogP contribution in [-0.2, 0) is 20.8 Å². The molecule has 31 heavy (non-hydrogen) atoms. The van der Waals surface area contributed by atoms with Gasteiger partial charge in [0.25, 0.3) is 0 Å². The van der Waals surface area contributed by atoms with E-state index in [1.807, 2.05) is 73.6 Å². The van der Waals surface area contributed by atoms with Gasteiger partial charge in [0.1, 0.15) is 6.04 Å². The third-order valence-electron chi connectivity index (χ3n) is 4.85. The van der Waals surface area contributed by atoms with Gasteiger partial charge in [-0.3, -0.25) is 14.4 Å². The molecule has 0 saturated heterocycles. The molecule has 0 aliphatic rings. The van der Waals surface area contributed by atoms with E-state index < -0.39 is 17.4 Å². The summed E-state index contributed by atoms with van der Waals surface area (Å²) in [4.78, 5) is 38.6. The zero-order chi connectivity index (χ0) is 23.0. The van der Waals surface area contributed by atoms with E-state index >= 15 is 0 Å². The van der Waals surface area contributed by atoms with Gasteiger partial charge in [-0.1, -0.05) is 44.2 Å². The third-order valence-corrected chi connectivity index (χ3v) is 4.85. The van der Waals surface area contributed by atoms with Gasteiger partial charge in [-0.15, -0.1) is 0 Å². The number of carbonyl (C=O) groups excluding carboxylic acids is 2. The van der Waals surface area contributed by atoms with Crippen molar-refractivity contribution in [3.05, 3.63) is 60.2 Å². The van der Waals surface area contributed by atoms with Gasteiger partial charge in [-0.05, 0) is 35.2 Å². The summed E-state index contributed by atoms with van der Waals surface area (Å²) in [5.41, 5.74) is 1.84. The molecule has 2 aromatic rings. The number of benzene rings is 2. The van der Waals surface area contributed by atoms with Gasteiger partial charge < -0.3 is 20.6 Å². The molecule has 0 aliphatic carbocycles. The molecule has 0 aliphatic heterocycles. The molecule has 3 N–H and O–H groups in total. The van der Waals surface area contributed by atoms with Gasteiger partial charge in [-0.2, -0.15) is 0 Å². The molecule has 1 atom stereocenters. The van der Waals surface area contributed by atoms with Gasteiger partial charge in [0.15, 0.2) is 0 Å². The first kappa shape index (κ1) is 23.9. The molecule has 0 unspecified atom stereocenters. The summed E-state index contributed by atoms with van der Waals surface area (Å²) in [5, 5.41) is 14.7. The normalized spacial score (nSPS) is 12.0. The van der Waals surface area contributed by atoms with Crippen molar-refractivity contribution >= 4 is 29.2 Å². The summed E-state index contributed by atoms with van der Waals surface area (Å²) < 4.78 is 0. The lowest BCUT2D eigenvalue weighted by Gasteiger charge is -2.24. The zero-order valence-electron chi connectivity index (χ0n) is 18.5. The van der Waals surface area contributed by atoms with Crippen LogP contribution in [0.2, 0.25) is 0 Å². The molecule has 2 rings (SSSR count). The second-order valence-electron chi connectivity index (χ2n) is 8.65. The summed E-state index contributed by atoms with van der Waals surface area (Å²) in [6, 6.07) is 16.1. The Labute approximate surface area is 183 Å². The lowest BCUT2D eigenvalue weighted by molar-refractivity contribution is -0.140. The number of aliphatic carboxylic acids is 1. The number of carboxylic acid groups (broad SMARTS) is 1. The minimum Gasteiger partial charge on any atom is -0.481 e. The van der Waals surface area contributed by atoms with Gasteiger partial charge in [0, 0.05) is 38.3 Å². The quantitative estimate of drug-likeness (QED) is 0.542. The summed E-state index contributed by atoms with van der Waals surface area (Å²) in [5.74, 6) is -1.64. The van der Waals surface area contributed by atoms with Gasteiger partial charge in [-0.25, -0.2) is 0 Å². The lowest BCUT2D eigenvalue weighted by atomic mass is 9.85. The number of carboxylic acids is 1. The van der Waals surface area contributed by atoms with Crippen molar-refractivity contribution in [1.82, 2.24) is 5.32 Å². The van der Waals surface area contributed by atoms with Crippen LogP contribution in [-0.4, -0.2) is 43.0 Å². The Bertz CT molecular complexity index is 893. The average Bonchev–Trinajstić information content (AvgIpc) is 2.67. The van der Waals surface area contributed by atoms with Crippen LogP contribution in [0.3, 0.4) is 0 Å². The maximum Gasteiger partial charge on any atom is 0.303 e. The molecule has 0 saturated carbocycles. The smallest absolute Gasteiger partial charge is 0.303 e. The molecule has 0 radical (unpaired) electrons. The molecule has 0 heterocycles. The standard InChI is InChI=1S/C24H31N3O4/c1-24(2,16-22(29)30)15-21(28)26-20(14-17-8-6-5-7-9-17)23(31)25-18-10-12-19(13-11-18)27(3)4/h5-13,20H,14-16H2,1-4H3,(H,25,31)(H,26,28)(H,29,30)/t20-/m1/s1. The van der Waals surface area contributed by atoms with Crippen LogP contribution in [0.1, 0.15) is 32.3 Å². The summed E-state index contributed by atoms with van der Waals surface area (Å²) in [6.07, 6.45) is 0.206. The van der Waals surface area contributed by atoms with Gasteiger partial charge >= 0.3 is 5.97 Å². The second kappa shape index (κ2) is 10.6. The Balaban J connectivity index is 2.12. The molecular formula is C24H31N3O4. The number of hydrogen-bond donors (Lipinski definition) is 3. The van der Waals surface area contributed by atoms with Crippen LogP contribution in [0.4, 0.5) is 11.4 Å². The van der Waals surface area contributed by atoms with E-state index in [2.05, 4.69) is 10.6 Å². The number of rotatable bonds is 10. The van der Waals surface area contributed by atoms with E-state index in [4.69, 9.17) is 5.11 Å². The fraction of sp³-hybridized carbons (Fsp3) is 0.375. The Kier molecular flexibility index (Phi) is 8.19. The van der Waals surface area contributed by atoms with E-state index in [0.717, 1.165) is 11.3 Å². The average molecular weight is 426 g/mol. The van der Waals surface area contributed by atoms with E-state index in [-0.39, 0.29) is 24.7 Å². The highest BCUT2D eigenvalue weighted by Gasteiger charge is 2.28. The van der Waals surface area contributed by atoms with Gasteiger partial charge in [0.2, 0.25) is 11.8 Å². The Morgan fingerprint density at radius 3 is 2.13 bits per heavy atom. The first-order valence-electron chi connectivity index (χ1n) is 10.2. The van der Waals surface area contributed by atoms with Crippen LogP contribution in [0.5, 0.6) is 0 Å². The molecule has 0 spiro atoms. The summed E-state index contributed by atoms with van der Waals surface area (Å²) >= 11 is 0. The van der Waals surface area contributed by atoms with Crippen LogP contribution in [0.15, 0.2) is 54.6 Å². The molecule has 7 heteroatoms. The number of nitrogens with zero attached hydrogens (tertiary/aromatic N) is 1. The van der Waals surface area contributed by atoms with E-state index in [9.17, 15) is 14.4 Å². The Hall–Kier alpha value is -3.35. The molecule has 0 bridgehead atoms. The molecule has 2 amide bonds.